The number of hydrogen-bond acceptors (Lipinski definition) is 2. The van der Waals surface area contributed by atoms with Gasteiger partial charge in [-0.15, -0.1) is 0 Å². The zero-order valence-corrected chi connectivity index (χ0v) is 9.88. The van der Waals surface area contributed by atoms with Crippen LogP contribution in [0.1, 0.15) is 11.3 Å². The van der Waals surface area contributed by atoms with Crippen LogP contribution in [0.4, 0.5) is 0 Å². The van der Waals surface area contributed by atoms with Gasteiger partial charge in [0, 0.05) is 18.8 Å². The average Bonchev–Trinajstić information content (AvgIpc) is 2.33. The maximum absolute atomic E-state index is 11.9. The highest BCUT2D eigenvalue weighted by Gasteiger charge is 2.05. The van der Waals surface area contributed by atoms with Gasteiger partial charge in [0.15, 0.2) is 0 Å². The molecule has 0 radical (unpaired) electrons. The first kappa shape index (κ1) is 11.4. The van der Waals surface area contributed by atoms with E-state index in [1.54, 1.807) is 11.5 Å². The van der Waals surface area contributed by atoms with E-state index in [0.29, 0.717) is 12.2 Å². The van der Waals surface area contributed by atoms with Gasteiger partial charge in [0.1, 0.15) is 0 Å². The molecule has 0 N–H and O–H groups in total. The van der Waals surface area contributed by atoms with Gasteiger partial charge < -0.3 is 0 Å². The molecule has 0 atom stereocenters. The zero-order chi connectivity index (χ0) is 12.4. The van der Waals surface area contributed by atoms with Crippen molar-refractivity contribution in [2.45, 2.75) is 13.5 Å². The molecule has 1 aromatic carbocycles. The maximum atomic E-state index is 11.9. The van der Waals surface area contributed by atoms with Crippen molar-refractivity contribution in [3.8, 4) is 0 Å². The zero-order valence-electron chi connectivity index (χ0n) is 9.88. The summed E-state index contributed by atoms with van der Waals surface area (Å²) in [5.74, 6) is 0. The van der Waals surface area contributed by atoms with E-state index in [-0.39, 0.29) is 11.2 Å². The first-order valence-electron chi connectivity index (χ1n) is 5.41. The molecule has 17 heavy (non-hydrogen) atoms. The van der Waals surface area contributed by atoms with Gasteiger partial charge in [-0.25, -0.2) is 4.79 Å². The molecule has 1 heterocycles. The van der Waals surface area contributed by atoms with Crippen LogP contribution in [0.5, 0.6) is 0 Å². The molecular formula is C13H14N2O2. The topological polar surface area (TPSA) is 44.0 Å². The third kappa shape index (κ3) is 2.20. The largest absolute Gasteiger partial charge is 0.331 e. The van der Waals surface area contributed by atoms with E-state index in [1.807, 2.05) is 30.3 Å². The first-order chi connectivity index (χ1) is 8.09. The van der Waals surface area contributed by atoms with Crippen molar-refractivity contribution in [3.05, 3.63) is 68.5 Å². The molecule has 0 aliphatic heterocycles. The summed E-state index contributed by atoms with van der Waals surface area (Å²) in [4.78, 5) is 23.4. The molecule has 1 aromatic heterocycles. The van der Waals surface area contributed by atoms with E-state index in [4.69, 9.17) is 0 Å². The predicted molar refractivity (Wildman–Crippen MR) is 66.2 cm³/mol. The van der Waals surface area contributed by atoms with Crippen LogP contribution < -0.4 is 11.2 Å². The highest BCUT2D eigenvalue weighted by atomic mass is 16.2. The second-order valence-electron chi connectivity index (χ2n) is 4.04. The van der Waals surface area contributed by atoms with Crippen molar-refractivity contribution in [1.82, 2.24) is 9.13 Å². The van der Waals surface area contributed by atoms with Gasteiger partial charge >= 0.3 is 5.69 Å². The third-order valence-corrected chi connectivity index (χ3v) is 2.79. The number of rotatable bonds is 2. The van der Waals surface area contributed by atoms with E-state index in [9.17, 15) is 9.59 Å². The monoisotopic (exact) mass is 230 g/mol. The molecule has 0 saturated carbocycles. The Morgan fingerprint density at radius 3 is 2.41 bits per heavy atom. The fourth-order valence-corrected chi connectivity index (χ4v) is 1.74. The minimum absolute atomic E-state index is 0.267. The quantitative estimate of drug-likeness (QED) is 0.769. The predicted octanol–water partition coefficient (Wildman–Crippen LogP) is 0.904. The van der Waals surface area contributed by atoms with Gasteiger partial charge in [0.2, 0.25) is 0 Å². The van der Waals surface area contributed by atoms with E-state index in [0.717, 1.165) is 10.1 Å². The molecule has 0 bridgehead atoms. The Hall–Kier alpha value is -2.10. The van der Waals surface area contributed by atoms with Crippen molar-refractivity contribution < 1.29 is 0 Å². The Balaban J connectivity index is 2.51. The molecule has 2 aromatic rings. The summed E-state index contributed by atoms with van der Waals surface area (Å²) in [7, 11) is 1.49. The van der Waals surface area contributed by atoms with Crippen LogP contribution in [-0.4, -0.2) is 9.13 Å². The van der Waals surface area contributed by atoms with E-state index in [2.05, 4.69) is 0 Å². The van der Waals surface area contributed by atoms with Gasteiger partial charge in [-0.3, -0.25) is 13.9 Å². The Morgan fingerprint density at radius 2 is 1.76 bits per heavy atom. The van der Waals surface area contributed by atoms with Crippen molar-refractivity contribution in [1.29, 1.82) is 0 Å². The van der Waals surface area contributed by atoms with Crippen molar-refractivity contribution in [2.24, 2.45) is 7.05 Å². The molecule has 88 valence electrons. The number of nitrogens with zero attached hydrogens (tertiary/aromatic N) is 2. The number of aromatic nitrogens is 2. The van der Waals surface area contributed by atoms with Crippen LogP contribution in [0.2, 0.25) is 0 Å². The SMILES string of the molecule is Cc1cc(=O)n(C)c(=O)n1Cc1ccccc1. The lowest BCUT2D eigenvalue weighted by molar-refractivity contribution is 0.627. The summed E-state index contributed by atoms with van der Waals surface area (Å²) in [5.41, 5.74) is 1.17. The number of hydrogen-bond donors (Lipinski definition) is 0. The summed E-state index contributed by atoms with van der Waals surface area (Å²) in [6.07, 6.45) is 0. The summed E-state index contributed by atoms with van der Waals surface area (Å²) in [5, 5.41) is 0. The van der Waals surface area contributed by atoms with Gasteiger partial charge in [0.25, 0.3) is 5.56 Å². The first-order valence-corrected chi connectivity index (χ1v) is 5.41. The van der Waals surface area contributed by atoms with Crippen LogP contribution in [-0.2, 0) is 13.6 Å². The molecule has 0 aliphatic carbocycles. The van der Waals surface area contributed by atoms with Crippen LogP contribution in [0.25, 0.3) is 0 Å². The van der Waals surface area contributed by atoms with Crippen LogP contribution in [0.15, 0.2) is 46.0 Å². The molecule has 0 aliphatic rings. The Morgan fingerprint density at radius 1 is 1.12 bits per heavy atom. The molecule has 0 unspecified atom stereocenters. The molecule has 2 rings (SSSR count). The van der Waals surface area contributed by atoms with Crippen molar-refractivity contribution in [3.63, 3.8) is 0 Å². The van der Waals surface area contributed by atoms with E-state index < -0.39 is 0 Å². The molecule has 0 amide bonds. The normalized spacial score (nSPS) is 10.5. The molecule has 4 nitrogen and oxygen atoms in total. The third-order valence-electron chi connectivity index (χ3n) is 2.79. The Bertz CT molecular complexity index is 639. The van der Waals surface area contributed by atoms with Crippen molar-refractivity contribution >= 4 is 0 Å². The lowest BCUT2D eigenvalue weighted by Gasteiger charge is -2.10. The fraction of sp³-hybridized carbons (Fsp3) is 0.231. The smallest absolute Gasteiger partial charge is 0.293 e. The van der Waals surface area contributed by atoms with Gasteiger partial charge in [-0.2, -0.15) is 0 Å². The molecular weight excluding hydrogens is 216 g/mol. The lowest BCUT2D eigenvalue weighted by atomic mass is 10.2. The average molecular weight is 230 g/mol. The Kier molecular flexibility index (Phi) is 2.95. The standard InChI is InChI=1S/C13H14N2O2/c1-10-8-12(16)14(2)13(17)15(10)9-11-6-4-3-5-7-11/h3-8H,9H2,1-2H3. The van der Waals surface area contributed by atoms with Crippen LogP contribution in [0.3, 0.4) is 0 Å². The van der Waals surface area contributed by atoms with Gasteiger partial charge in [-0.1, -0.05) is 30.3 Å². The number of aryl methyl sites for hydroxylation is 1. The maximum Gasteiger partial charge on any atom is 0.331 e. The second-order valence-corrected chi connectivity index (χ2v) is 4.04. The van der Waals surface area contributed by atoms with E-state index >= 15 is 0 Å². The van der Waals surface area contributed by atoms with Crippen LogP contribution >= 0.6 is 0 Å². The summed E-state index contributed by atoms with van der Waals surface area (Å²) < 4.78 is 2.71. The number of benzene rings is 1. The van der Waals surface area contributed by atoms with Crippen LogP contribution in [0, 0.1) is 6.92 Å². The highest BCUT2D eigenvalue weighted by Crippen LogP contribution is 2.01. The Labute approximate surface area is 98.8 Å². The molecule has 0 spiro atoms. The molecule has 0 fully saturated rings. The summed E-state index contributed by atoms with van der Waals surface area (Å²) >= 11 is 0. The summed E-state index contributed by atoms with van der Waals surface area (Å²) in [6.45, 7) is 2.26. The highest BCUT2D eigenvalue weighted by molar-refractivity contribution is 5.16. The van der Waals surface area contributed by atoms with Gasteiger partial charge in [-0.05, 0) is 12.5 Å². The minimum atomic E-state index is -0.279. The lowest BCUT2D eigenvalue weighted by Crippen LogP contribution is -2.38. The van der Waals surface area contributed by atoms with Crippen molar-refractivity contribution in [2.75, 3.05) is 0 Å². The summed E-state index contributed by atoms with van der Waals surface area (Å²) in [6, 6.07) is 11.2. The van der Waals surface area contributed by atoms with Gasteiger partial charge in [0.05, 0.1) is 6.54 Å². The molecule has 0 saturated heterocycles. The molecule has 4 heteroatoms. The van der Waals surface area contributed by atoms with E-state index in [1.165, 1.54) is 13.1 Å². The fourth-order valence-electron chi connectivity index (χ4n) is 1.74. The second kappa shape index (κ2) is 4.41. The minimum Gasteiger partial charge on any atom is -0.293 e.